The molecule has 1 aromatic carbocycles. The Bertz CT molecular complexity index is 502. The van der Waals surface area contributed by atoms with Crippen molar-refractivity contribution in [2.75, 3.05) is 20.2 Å². The van der Waals surface area contributed by atoms with E-state index in [1.54, 1.807) is 7.11 Å². The number of likely N-dealkylation sites (tertiary alicyclic amines) is 1. The molecule has 2 rings (SSSR count). The minimum Gasteiger partial charge on any atom is -0.497 e. The summed E-state index contributed by atoms with van der Waals surface area (Å²) in [5.41, 5.74) is 7.14. The van der Waals surface area contributed by atoms with E-state index < -0.39 is 0 Å². The van der Waals surface area contributed by atoms with Gasteiger partial charge in [0, 0.05) is 19.1 Å². The zero-order valence-corrected chi connectivity index (χ0v) is 14.7. The average Bonchev–Trinajstić information content (AvgIpc) is 2.48. The summed E-state index contributed by atoms with van der Waals surface area (Å²) in [5, 5.41) is 0. The van der Waals surface area contributed by atoms with E-state index in [4.69, 9.17) is 10.5 Å². The third kappa shape index (κ3) is 3.93. The molecule has 1 heterocycles. The van der Waals surface area contributed by atoms with Crippen LogP contribution in [-0.4, -0.2) is 37.0 Å². The first kappa shape index (κ1) is 18.8. The number of halogens is 1. The minimum atomic E-state index is -0.138. The Labute approximate surface area is 139 Å². The number of hydrogen-bond acceptors (Lipinski definition) is 3. The first-order valence-electron chi connectivity index (χ1n) is 7.53. The van der Waals surface area contributed by atoms with Gasteiger partial charge in [-0.05, 0) is 36.5 Å². The van der Waals surface area contributed by atoms with Gasteiger partial charge in [-0.25, -0.2) is 0 Å². The van der Waals surface area contributed by atoms with Crippen LogP contribution in [0.25, 0.3) is 0 Å². The SMILES string of the molecule is COc1ccc(C(C)C(=O)N2CCC(N)C(C)(C)C2)cc1.Cl. The quantitative estimate of drug-likeness (QED) is 0.929. The van der Waals surface area contributed by atoms with Crippen molar-refractivity contribution in [3.8, 4) is 5.75 Å². The molecule has 0 saturated carbocycles. The molecule has 0 aromatic heterocycles. The van der Waals surface area contributed by atoms with Gasteiger partial charge >= 0.3 is 0 Å². The lowest BCUT2D eigenvalue weighted by Crippen LogP contribution is -2.54. The van der Waals surface area contributed by atoms with Gasteiger partial charge in [-0.2, -0.15) is 0 Å². The normalized spacial score (nSPS) is 21.7. The fourth-order valence-electron chi connectivity index (χ4n) is 2.87. The number of nitrogens with two attached hydrogens (primary N) is 1. The summed E-state index contributed by atoms with van der Waals surface area (Å²) >= 11 is 0. The van der Waals surface area contributed by atoms with Gasteiger partial charge in [-0.3, -0.25) is 4.79 Å². The molecule has 0 bridgehead atoms. The fraction of sp³-hybridized carbons (Fsp3) is 0.588. The molecule has 4 nitrogen and oxygen atoms in total. The van der Waals surface area contributed by atoms with Crippen LogP contribution in [0.15, 0.2) is 24.3 Å². The molecule has 124 valence electrons. The smallest absolute Gasteiger partial charge is 0.229 e. The van der Waals surface area contributed by atoms with E-state index in [-0.39, 0.29) is 35.7 Å². The molecule has 1 aliphatic rings. The van der Waals surface area contributed by atoms with Crippen LogP contribution < -0.4 is 10.5 Å². The summed E-state index contributed by atoms with van der Waals surface area (Å²) in [6.07, 6.45) is 0.869. The summed E-state index contributed by atoms with van der Waals surface area (Å²) in [5.74, 6) is 0.852. The Morgan fingerprint density at radius 3 is 2.45 bits per heavy atom. The van der Waals surface area contributed by atoms with Crippen molar-refractivity contribution in [2.45, 2.75) is 39.2 Å². The zero-order chi connectivity index (χ0) is 15.6. The van der Waals surface area contributed by atoms with Crippen molar-refractivity contribution in [2.24, 2.45) is 11.1 Å². The number of piperidine rings is 1. The highest BCUT2D eigenvalue weighted by atomic mass is 35.5. The van der Waals surface area contributed by atoms with Gasteiger partial charge in [-0.15, -0.1) is 12.4 Å². The van der Waals surface area contributed by atoms with Crippen LogP contribution in [0, 0.1) is 5.41 Å². The van der Waals surface area contributed by atoms with E-state index in [1.807, 2.05) is 36.1 Å². The number of ether oxygens (including phenoxy) is 1. The summed E-state index contributed by atoms with van der Waals surface area (Å²) in [6, 6.07) is 7.88. The molecule has 0 spiro atoms. The van der Waals surface area contributed by atoms with Crippen molar-refractivity contribution < 1.29 is 9.53 Å². The van der Waals surface area contributed by atoms with Crippen LogP contribution in [-0.2, 0) is 4.79 Å². The predicted molar refractivity (Wildman–Crippen MR) is 91.6 cm³/mol. The van der Waals surface area contributed by atoms with Crippen molar-refractivity contribution >= 4 is 18.3 Å². The van der Waals surface area contributed by atoms with Crippen LogP contribution in [0.3, 0.4) is 0 Å². The third-order valence-electron chi connectivity index (χ3n) is 4.61. The highest BCUT2D eigenvalue weighted by Gasteiger charge is 2.36. The van der Waals surface area contributed by atoms with E-state index in [9.17, 15) is 4.79 Å². The molecule has 2 N–H and O–H groups in total. The molecular weight excluding hydrogens is 300 g/mol. The highest BCUT2D eigenvalue weighted by Crippen LogP contribution is 2.30. The molecule has 1 fully saturated rings. The molecule has 2 unspecified atom stereocenters. The van der Waals surface area contributed by atoms with Gasteiger partial charge in [0.15, 0.2) is 0 Å². The van der Waals surface area contributed by atoms with Crippen LogP contribution in [0.1, 0.15) is 38.7 Å². The first-order valence-corrected chi connectivity index (χ1v) is 7.53. The molecule has 0 radical (unpaired) electrons. The van der Waals surface area contributed by atoms with Gasteiger partial charge < -0.3 is 15.4 Å². The Morgan fingerprint density at radius 2 is 1.95 bits per heavy atom. The maximum Gasteiger partial charge on any atom is 0.229 e. The summed E-state index contributed by atoms with van der Waals surface area (Å²) in [7, 11) is 1.64. The molecule has 1 amide bonds. The number of benzene rings is 1. The number of methoxy groups -OCH3 is 1. The number of hydrogen-bond donors (Lipinski definition) is 1. The monoisotopic (exact) mass is 326 g/mol. The zero-order valence-electron chi connectivity index (χ0n) is 13.8. The lowest BCUT2D eigenvalue weighted by Gasteiger charge is -2.43. The van der Waals surface area contributed by atoms with Gasteiger partial charge in [0.25, 0.3) is 0 Å². The maximum absolute atomic E-state index is 12.7. The molecule has 0 aliphatic carbocycles. The molecule has 1 saturated heterocycles. The Kier molecular flexibility index (Phi) is 6.27. The van der Waals surface area contributed by atoms with Crippen molar-refractivity contribution in [3.05, 3.63) is 29.8 Å². The second kappa shape index (κ2) is 7.34. The molecule has 2 atom stereocenters. The molecule has 1 aliphatic heterocycles. The van der Waals surface area contributed by atoms with Gasteiger partial charge in [-0.1, -0.05) is 26.0 Å². The molecule has 22 heavy (non-hydrogen) atoms. The molecular formula is C17H27ClN2O2. The minimum absolute atomic E-state index is 0. The van der Waals surface area contributed by atoms with E-state index in [1.165, 1.54) is 0 Å². The predicted octanol–water partition coefficient (Wildman–Crippen LogP) is 2.81. The summed E-state index contributed by atoms with van der Waals surface area (Å²) < 4.78 is 5.16. The Hall–Kier alpha value is -1.26. The fourth-order valence-corrected chi connectivity index (χ4v) is 2.87. The van der Waals surface area contributed by atoms with Crippen LogP contribution in [0.4, 0.5) is 0 Å². The number of amides is 1. The number of rotatable bonds is 3. The second-order valence-corrected chi connectivity index (χ2v) is 6.64. The summed E-state index contributed by atoms with van der Waals surface area (Å²) in [4.78, 5) is 14.7. The lowest BCUT2D eigenvalue weighted by molar-refractivity contribution is -0.135. The average molecular weight is 327 g/mol. The van der Waals surface area contributed by atoms with E-state index in [2.05, 4.69) is 13.8 Å². The Morgan fingerprint density at radius 1 is 1.36 bits per heavy atom. The van der Waals surface area contributed by atoms with Crippen LogP contribution >= 0.6 is 12.4 Å². The van der Waals surface area contributed by atoms with E-state index in [0.29, 0.717) is 0 Å². The second-order valence-electron chi connectivity index (χ2n) is 6.64. The summed E-state index contributed by atoms with van der Waals surface area (Å²) in [6.45, 7) is 7.72. The van der Waals surface area contributed by atoms with Gasteiger partial charge in [0.2, 0.25) is 5.91 Å². The van der Waals surface area contributed by atoms with Crippen molar-refractivity contribution in [1.82, 2.24) is 4.90 Å². The third-order valence-corrected chi connectivity index (χ3v) is 4.61. The van der Waals surface area contributed by atoms with Crippen LogP contribution in [0.2, 0.25) is 0 Å². The molecule has 1 aromatic rings. The van der Waals surface area contributed by atoms with E-state index in [0.717, 1.165) is 30.8 Å². The van der Waals surface area contributed by atoms with E-state index >= 15 is 0 Å². The van der Waals surface area contributed by atoms with Crippen molar-refractivity contribution in [3.63, 3.8) is 0 Å². The standard InChI is InChI=1S/C17H26N2O2.ClH/c1-12(13-5-7-14(21-4)8-6-13)16(20)19-10-9-15(18)17(2,3)11-19;/h5-8,12,15H,9-11,18H2,1-4H3;1H. The highest BCUT2D eigenvalue weighted by molar-refractivity contribution is 5.85. The number of nitrogens with zero attached hydrogens (tertiary/aromatic N) is 1. The maximum atomic E-state index is 12.7. The number of carbonyl (C=O) groups is 1. The largest absolute Gasteiger partial charge is 0.497 e. The molecule has 5 heteroatoms. The Balaban J connectivity index is 0.00000242. The van der Waals surface area contributed by atoms with Gasteiger partial charge in [0.05, 0.1) is 13.0 Å². The first-order chi connectivity index (χ1) is 9.85. The lowest BCUT2D eigenvalue weighted by atomic mass is 9.79. The van der Waals surface area contributed by atoms with Gasteiger partial charge in [0.1, 0.15) is 5.75 Å². The number of carbonyl (C=O) groups excluding carboxylic acids is 1. The topological polar surface area (TPSA) is 55.6 Å². The van der Waals surface area contributed by atoms with Crippen LogP contribution in [0.5, 0.6) is 5.75 Å². The van der Waals surface area contributed by atoms with Crippen molar-refractivity contribution in [1.29, 1.82) is 0 Å².